The third-order valence-corrected chi connectivity index (χ3v) is 5.47. The summed E-state index contributed by atoms with van der Waals surface area (Å²) in [5, 5.41) is 3.05. The summed E-state index contributed by atoms with van der Waals surface area (Å²) in [6, 6.07) is 2.96. The van der Waals surface area contributed by atoms with E-state index in [1.54, 1.807) is 6.08 Å². The molecule has 1 aliphatic carbocycles. The molecule has 1 aromatic rings. The number of nitrogens with one attached hydrogen (secondary N) is 1. The molecule has 0 aromatic heterocycles. The van der Waals surface area contributed by atoms with Crippen molar-refractivity contribution >= 4 is 23.4 Å². The number of fused-ring (bicyclic) bond motifs is 1. The van der Waals surface area contributed by atoms with Crippen LogP contribution >= 0.6 is 11.6 Å². The molecule has 0 fully saturated rings. The van der Waals surface area contributed by atoms with Gasteiger partial charge in [-0.2, -0.15) is 0 Å². The summed E-state index contributed by atoms with van der Waals surface area (Å²) in [7, 11) is 0. The summed E-state index contributed by atoms with van der Waals surface area (Å²) in [6.07, 6.45) is 4.60. The van der Waals surface area contributed by atoms with Crippen LogP contribution in [0.5, 0.6) is 0 Å². The summed E-state index contributed by atoms with van der Waals surface area (Å²) < 4.78 is 13.6. The first-order valence-corrected chi connectivity index (χ1v) is 9.76. The van der Waals surface area contributed by atoms with Crippen LogP contribution in [0.3, 0.4) is 0 Å². The van der Waals surface area contributed by atoms with Gasteiger partial charge in [0.2, 0.25) is 11.8 Å². The van der Waals surface area contributed by atoms with Gasteiger partial charge < -0.3 is 10.2 Å². The van der Waals surface area contributed by atoms with Crippen LogP contribution < -0.4 is 5.32 Å². The van der Waals surface area contributed by atoms with Gasteiger partial charge in [0.1, 0.15) is 11.9 Å². The standard InChI is InChI=1S/C22H26ClFN2O2/c1-21(2,3)25-20(28)19(15-7-6-14(24)10-17(15)23)26-12-13-8-9-22(4,5)16(13)11-18(26)27/h6-8,10-11,19H,9,12H2,1-5H3,(H,25,28). The Kier molecular flexibility index (Phi) is 5.17. The maximum atomic E-state index is 13.6. The molecule has 2 aliphatic rings. The Labute approximate surface area is 170 Å². The largest absolute Gasteiger partial charge is 0.349 e. The fraction of sp³-hybridized carbons (Fsp3) is 0.455. The summed E-state index contributed by atoms with van der Waals surface area (Å²) in [5.74, 6) is -1.07. The molecule has 0 saturated heterocycles. The molecule has 0 bridgehead atoms. The number of carbonyl (C=O) groups is 2. The van der Waals surface area contributed by atoms with Crippen molar-refractivity contribution in [2.45, 2.75) is 52.6 Å². The van der Waals surface area contributed by atoms with Crippen LogP contribution in [-0.2, 0) is 9.59 Å². The molecular formula is C22H26ClFN2O2. The van der Waals surface area contributed by atoms with E-state index in [1.807, 2.05) is 20.8 Å². The van der Waals surface area contributed by atoms with Gasteiger partial charge in [-0.15, -0.1) is 0 Å². The second-order valence-electron chi connectivity index (χ2n) is 9.15. The minimum absolute atomic E-state index is 0.0895. The Morgan fingerprint density at radius 1 is 1.32 bits per heavy atom. The second kappa shape index (κ2) is 7.03. The highest BCUT2D eigenvalue weighted by Crippen LogP contribution is 2.45. The predicted octanol–water partition coefficient (Wildman–Crippen LogP) is 4.56. The van der Waals surface area contributed by atoms with Gasteiger partial charge in [-0.1, -0.05) is 37.6 Å². The molecule has 1 heterocycles. The van der Waals surface area contributed by atoms with E-state index in [1.165, 1.54) is 23.1 Å². The van der Waals surface area contributed by atoms with Crippen LogP contribution in [0.4, 0.5) is 4.39 Å². The molecule has 150 valence electrons. The molecule has 3 rings (SSSR count). The van der Waals surface area contributed by atoms with Crippen molar-refractivity contribution in [3.8, 4) is 0 Å². The summed E-state index contributed by atoms with van der Waals surface area (Å²) >= 11 is 6.28. The van der Waals surface area contributed by atoms with Gasteiger partial charge in [0, 0.05) is 28.7 Å². The highest BCUT2D eigenvalue weighted by molar-refractivity contribution is 6.31. The SMILES string of the molecule is CC(C)(C)NC(=O)C(c1ccc(F)cc1Cl)N1CC2=CCC(C)(C)C2=CC1=O. The Morgan fingerprint density at radius 2 is 2.00 bits per heavy atom. The van der Waals surface area contributed by atoms with Crippen LogP contribution in [0.1, 0.15) is 52.6 Å². The molecule has 1 unspecified atom stereocenters. The normalized spacial score (nSPS) is 19.7. The van der Waals surface area contributed by atoms with E-state index in [9.17, 15) is 14.0 Å². The molecule has 1 aromatic carbocycles. The third kappa shape index (κ3) is 4.00. The van der Waals surface area contributed by atoms with E-state index in [0.717, 1.165) is 17.6 Å². The molecule has 1 aliphatic heterocycles. The molecule has 4 nitrogen and oxygen atoms in total. The van der Waals surface area contributed by atoms with Crippen LogP contribution in [0.25, 0.3) is 0 Å². The molecular weight excluding hydrogens is 379 g/mol. The van der Waals surface area contributed by atoms with Gasteiger partial charge in [-0.05, 0) is 55.9 Å². The third-order valence-electron chi connectivity index (χ3n) is 5.14. The molecule has 1 N–H and O–H groups in total. The Balaban J connectivity index is 2.05. The van der Waals surface area contributed by atoms with Gasteiger partial charge in [0.05, 0.1) is 0 Å². The zero-order valence-electron chi connectivity index (χ0n) is 16.9. The first kappa shape index (κ1) is 20.6. The van der Waals surface area contributed by atoms with Gasteiger partial charge >= 0.3 is 0 Å². The van der Waals surface area contributed by atoms with Gasteiger partial charge in [0.15, 0.2) is 0 Å². The molecule has 0 radical (unpaired) electrons. The van der Waals surface area contributed by atoms with Crippen LogP contribution in [0.15, 0.2) is 41.5 Å². The van der Waals surface area contributed by atoms with Crippen molar-refractivity contribution in [1.82, 2.24) is 10.2 Å². The van der Waals surface area contributed by atoms with Crippen LogP contribution in [0, 0.1) is 11.2 Å². The molecule has 28 heavy (non-hydrogen) atoms. The number of hydrogen-bond donors (Lipinski definition) is 1. The number of hydrogen-bond acceptors (Lipinski definition) is 2. The summed E-state index contributed by atoms with van der Waals surface area (Å²) in [6.45, 7) is 10.1. The second-order valence-corrected chi connectivity index (χ2v) is 9.56. The molecule has 1 atom stereocenters. The maximum Gasteiger partial charge on any atom is 0.248 e. The van der Waals surface area contributed by atoms with Gasteiger partial charge in [0.25, 0.3) is 0 Å². The Bertz CT molecular complexity index is 896. The number of benzene rings is 1. The van der Waals surface area contributed by atoms with E-state index in [0.29, 0.717) is 12.1 Å². The molecule has 0 saturated carbocycles. The first-order chi connectivity index (χ1) is 12.9. The van der Waals surface area contributed by atoms with E-state index in [-0.39, 0.29) is 22.3 Å². The maximum absolute atomic E-state index is 13.6. The molecule has 0 spiro atoms. The van der Waals surface area contributed by atoms with Crippen molar-refractivity contribution < 1.29 is 14.0 Å². The monoisotopic (exact) mass is 404 g/mol. The van der Waals surface area contributed by atoms with Gasteiger partial charge in [-0.3, -0.25) is 9.59 Å². The first-order valence-electron chi connectivity index (χ1n) is 9.38. The Hall–Kier alpha value is -2.14. The lowest BCUT2D eigenvalue weighted by Gasteiger charge is -2.37. The number of halogens is 2. The average molecular weight is 405 g/mol. The quantitative estimate of drug-likeness (QED) is 0.802. The van der Waals surface area contributed by atoms with Crippen LogP contribution in [-0.4, -0.2) is 28.8 Å². The fourth-order valence-electron chi connectivity index (χ4n) is 3.77. The zero-order chi connectivity index (χ0) is 20.9. The number of rotatable bonds is 3. The van der Waals surface area contributed by atoms with Gasteiger partial charge in [-0.25, -0.2) is 4.39 Å². The minimum Gasteiger partial charge on any atom is -0.349 e. The highest BCUT2D eigenvalue weighted by atomic mass is 35.5. The molecule has 6 heteroatoms. The van der Waals surface area contributed by atoms with Crippen molar-refractivity contribution in [1.29, 1.82) is 0 Å². The number of carbonyl (C=O) groups excluding carboxylic acids is 2. The van der Waals surface area contributed by atoms with Crippen molar-refractivity contribution in [2.24, 2.45) is 5.41 Å². The van der Waals surface area contributed by atoms with Crippen molar-refractivity contribution in [2.75, 3.05) is 6.54 Å². The summed E-state index contributed by atoms with van der Waals surface area (Å²) in [4.78, 5) is 27.7. The predicted molar refractivity (Wildman–Crippen MR) is 108 cm³/mol. The number of allylic oxidation sites excluding steroid dienone is 1. The number of nitrogens with zero attached hydrogens (tertiary/aromatic N) is 1. The number of amides is 2. The average Bonchev–Trinajstić information content (AvgIpc) is 2.83. The van der Waals surface area contributed by atoms with E-state index >= 15 is 0 Å². The van der Waals surface area contributed by atoms with Crippen molar-refractivity contribution in [3.63, 3.8) is 0 Å². The zero-order valence-corrected chi connectivity index (χ0v) is 17.7. The lowest BCUT2D eigenvalue weighted by atomic mass is 9.82. The molecule has 2 amide bonds. The van der Waals surface area contributed by atoms with E-state index in [4.69, 9.17) is 11.6 Å². The Morgan fingerprint density at radius 3 is 2.61 bits per heavy atom. The highest BCUT2D eigenvalue weighted by Gasteiger charge is 2.41. The summed E-state index contributed by atoms with van der Waals surface area (Å²) in [5.41, 5.74) is 1.91. The van der Waals surface area contributed by atoms with Crippen molar-refractivity contribution in [3.05, 3.63) is 57.9 Å². The smallest absolute Gasteiger partial charge is 0.248 e. The van der Waals surface area contributed by atoms with E-state index in [2.05, 4.69) is 25.2 Å². The topological polar surface area (TPSA) is 49.4 Å². The van der Waals surface area contributed by atoms with Crippen LogP contribution in [0.2, 0.25) is 5.02 Å². The van der Waals surface area contributed by atoms with E-state index < -0.39 is 17.4 Å². The fourth-order valence-corrected chi connectivity index (χ4v) is 4.04. The lowest BCUT2D eigenvalue weighted by molar-refractivity contribution is -0.138. The lowest BCUT2D eigenvalue weighted by Crippen LogP contribution is -2.50. The minimum atomic E-state index is -0.942.